The molecule has 0 aliphatic rings. The summed E-state index contributed by atoms with van der Waals surface area (Å²) in [4.78, 5) is 35.1. The summed E-state index contributed by atoms with van der Waals surface area (Å²) in [5.74, 6) is -1.64. The molecule has 0 radical (unpaired) electrons. The highest BCUT2D eigenvalue weighted by Gasteiger charge is 2.18. The molecule has 1 rings (SSSR count). The number of amides is 2. The first-order chi connectivity index (χ1) is 10.8. The molecule has 1 atom stereocenters. The lowest BCUT2D eigenvalue weighted by Crippen LogP contribution is -2.39. The Bertz CT molecular complexity index is 593. The van der Waals surface area contributed by atoms with Crippen molar-refractivity contribution < 1.29 is 19.1 Å². The van der Waals surface area contributed by atoms with Gasteiger partial charge in [-0.3, -0.25) is 14.4 Å². The maximum Gasteiger partial charge on any atom is 0.326 e. The number of hydrogen-bond donors (Lipinski definition) is 2. The molecule has 0 fully saturated rings. The molecule has 23 heavy (non-hydrogen) atoms. The summed E-state index contributed by atoms with van der Waals surface area (Å²) in [6.45, 7) is 3.50. The number of hydrogen-bond acceptors (Lipinski definition) is 4. The predicted molar refractivity (Wildman–Crippen MR) is 87.6 cm³/mol. The number of esters is 1. The van der Waals surface area contributed by atoms with Crippen LogP contribution in [0.4, 0.5) is 0 Å². The third kappa shape index (κ3) is 6.46. The maximum atomic E-state index is 11.9. The Morgan fingerprint density at radius 3 is 2.52 bits per heavy atom. The van der Waals surface area contributed by atoms with Crippen LogP contribution in [0.3, 0.4) is 0 Å². The lowest BCUT2D eigenvalue weighted by molar-refractivity contribution is -0.153. The van der Waals surface area contributed by atoms with E-state index in [1.54, 1.807) is 0 Å². The smallest absolute Gasteiger partial charge is 0.326 e. The van der Waals surface area contributed by atoms with E-state index in [4.69, 9.17) is 27.9 Å². The molecule has 1 unspecified atom stereocenters. The van der Waals surface area contributed by atoms with Crippen LogP contribution in [-0.4, -0.2) is 37.0 Å². The summed E-state index contributed by atoms with van der Waals surface area (Å²) in [6, 6.07) is 4.39. The summed E-state index contributed by atoms with van der Waals surface area (Å²) in [7, 11) is 0. The van der Waals surface area contributed by atoms with E-state index in [-0.39, 0.29) is 23.0 Å². The molecule has 0 aliphatic carbocycles. The van der Waals surface area contributed by atoms with Crippen LogP contribution in [0.25, 0.3) is 0 Å². The van der Waals surface area contributed by atoms with E-state index in [0.29, 0.717) is 11.6 Å². The Kier molecular flexibility index (Phi) is 7.85. The van der Waals surface area contributed by atoms with Crippen LogP contribution in [0.5, 0.6) is 0 Å². The van der Waals surface area contributed by atoms with Crippen LogP contribution >= 0.6 is 23.2 Å². The minimum absolute atomic E-state index is 0.177. The molecule has 0 aromatic heterocycles. The molecular formula is C15H18Cl2N2O4. The van der Waals surface area contributed by atoms with Gasteiger partial charge in [0.25, 0.3) is 11.8 Å². The van der Waals surface area contributed by atoms with Crippen LogP contribution in [0.1, 0.15) is 30.6 Å². The van der Waals surface area contributed by atoms with Crippen molar-refractivity contribution in [2.24, 2.45) is 0 Å². The summed E-state index contributed by atoms with van der Waals surface area (Å²) in [6.07, 6.45) is -0.144. The second kappa shape index (κ2) is 9.37. The average molecular weight is 361 g/mol. The van der Waals surface area contributed by atoms with Crippen LogP contribution in [0.15, 0.2) is 18.2 Å². The number of halogens is 2. The first-order valence-corrected chi connectivity index (χ1v) is 7.81. The van der Waals surface area contributed by atoms with Crippen molar-refractivity contribution in [2.45, 2.75) is 26.4 Å². The third-order valence-corrected chi connectivity index (χ3v) is 3.34. The molecule has 1 aromatic carbocycles. The van der Waals surface area contributed by atoms with E-state index in [1.807, 2.05) is 6.92 Å². The summed E-state index contributed by atoms with van der Waals surface area (Å²) in [5.41, 5.74) is 0.192. The van der Waals surface area contributed by atoms with Gasteiger partial charge in [0.2, 0.25) is 0 Å². The monoisotopic (exact) mass is 360 g/mol. The molecular weight excluding hydrogens is 343 g/mol. The number of rotatable bonds is 7. The minimum Gasteiger partial charge on any atom is -0.451 e. The van der Waals surface area contributed by atoms with E-state index in [9.17, 15) is 14.4 Å². The number of carbonyl (C=O) groups is 3. The zero-order chi connectivity index (χ0) is 17.4. The van der Waals surface area contributed by atoms with Gasteiger partial charge in [0.15, 0.2) is 6.10 Å². The molecule has 2 amide bonds. The normalized spacial score (nSPS) is 11.5. The molecule has 0 saturated carbocycles. The average Bonchev–Trinajstić information content (AvgIpc) is 2.50. The van der Waals surface area contributed by atoms with Crippen molar-refractivity contribution in [3.63, 3.8) is 0 Å². The fourth-order valence-electron chi connectivity index (χ4n) is 1.61. The lowest BCUT2D eigenvalue weighted by Gasteiger charge is -2.13. The van der Waals surface area contributed by atoms with Crippen molar-refractivity contribution in [1.82, 2.24) is 10.6 Å². The molecule has 0 spiro atoms. The van der Waals surface area contributed by atoms with Crippen molar-refractivity contribution in [3.05, 3.63) is 33.8 Å². The van der Waals surface area contributed by atoms with Gasteiger partial charge < -0.3 is 15.4 Å². The van der Waals surface area contributed by atoms with E-state index >= 15 is 0 Å². The zero-order valence-corrected chi connectivity index (χ0v) is 14.3. The quantitative estimate of drug-likeness (QED) is 0.729. The number of nitrogens with one attached hydrogen (secondary N) is 2. The van der Waals surface area contributed by atoms with Crippen molar-refractivity contribution >= 4 is 41.0 Å². The molecule has 8 heteroatoms. The van der Waals surface area contributed by atoms with Gasteiger partial charge >= 0.3 is 5.97 Å². The SMILES string of the molecule is CCCNC(=O)C(C)OC(=O)CNC(=O)c1ccc(Cl)cc1Cl. The van der Waals surface area contributed by atoms with Crippen molar-refractivity contribution in [2.75, 3.05) is 13.1 Å². The van der Waals surface area contributed by atoms with Gasteiger partial charge in [-0.15, -0.1) is 0 Å². The Balaban J connectivity index is 2.46. The van der Waals surface area contributed by atoms with Gasteiger partial charge in [-0.1, -0.05) is 30.1 Å². The molecule has 0 heterocycles. The Morgan fingerprint density at radius 1 is 1.22 bits per heavy atom. The second-order valence-corrected chi connectivity index (χ2v) is 5.57. The minimum atomic E-state index is -0.926. The van der Waals surface area contributed by atoms with Gasteiger partial charge in [-0.2, -0.15) is 0 Å². The summed E-state index contributed by atoms with van der Waals surface area (Å²) >= 11 is 11.6. The largest absolute Gasteiger partial charge is 0.451 e. The van der Waals surface area contributed by atoms with Crippen LogP contribution in [-0.2, 0) is 14.3 Å². The van der Waals surface area contributed by atoms with Crippen molar-refractivity contribution in [3.8, 4) is 0 Å². The predicted octanol–water partition coefficient (Wildman–Crippen LogP) is 2.18. The standard InChI is InChI=1S/C15H18Cl2N2O4/c1-3-6-18-14(21)9(2)23-13(20)8-19-15(22)11-5-4-10(16)7-12(11)17/h4-5,7,9H,3,6,8H2,1-2H3,(H,18,21)(H,19,22). The maximum absolute atomic E-state index is 11.9. The molecule has 6 nitrogen and oxygen atoms in total. The molecule has 126 valence electrons. The molecule has 0 saturated heterocycles. The topological polar surface area (TPSA) is 84.5 Å². The molecule has 0 bridgehead atoms. The van der Waals surface area contributed by atoms with Gasteiger partial charge in [0.05, 0.1) is 10.6 Å². The fourth-order valence-corrected chi connectivity index (χ4v) is 2.10. The van der Waals surface area contributed by atoms with Gasteiger partial charge in [0, 0.05) is 11.6 Å². The molecule has 2 N–H and O–H groups in total. The van der Waals surface area contributed by atoms with E-state index < -0.39 is 18.0 Å². The third-order valence-electron chi connectivity index (χ3n) is 2.80. The fraction of sp³-hybridized carbons (Fsp3) is 0.400. The zero-order valence-electron chi connectivity index (χ0n) is 12.8. The van der Waals surface area contributed by atoms with Gasteiger partial charge in [-0.05, 0) is 31.5 Å². The summed E-state index contributed by atoms with van der Waals surface area (Å²) < 4.78 is 4.93. The highest BCUT2D eigenvalue weighted by Crippen LogP contribution is 2.20. The molecule has 0 aliphatic heterocycles. The Labute approximate surface area is 144 Å². The molecule has 1 aromatic rings. The van der Waals surface area contributed by atoms with Crippen LogP contribution in [0, 0.1) is 0 Å². The summed E-state index contributed by atoms with van der Waals surface area (Å²) in [5, 5.41) is 5.56. The Hall–Kier alpha value is -1.79. The highest BCUT2D eigenvalue weighted by atomic mass is 35.5. The first kappa shape index (κ1) is 19.3. The van der Waals surface area contributed by atoms with E-state index in [0.717, 1.165) is 6.42 Å². The van der Waals surface area contributed by atoms with Gasteiger partial charge in [0.1, 0.15) is 6.54 Å². The highest BCUT2D eigenvalue weighted by molar-refractivity contribution is 6.36. The van der Waals surface area contributed by atoms with Crippen LogP contribution < -0.4 is 10.6 Å². The van der Waals surface area contributed by atoms with Gasteiger partial charge in [-0.25, -0.2) is 0 Å². The van der Waals surface area contributed by atoms with E-state index in [1.165, 1.54) is 25.1 Å². The Morgan fingerprint density at radius 2 is 1.91 bits per heavy atom. The van der Waals surface area contributed by atoms with E-state index in [2.05, 4.69) is 10.6 Å². The van der Waals surface area contributed by atoms with Crippen LogP contribution in [0.2, 0.25) is 10.0 Å². The number of ether oxygens (including phenoxy) is 1. The van der Waals surface area contributed by atoms with Crippen molar-refractivity contribution in [1.29, 1.82) is 0 Å². The first-order valence-electron chi connectivity index (χ1n) is 7.05. The lowest BCUT2D eigenvalue weighted by atomic mass is 10.2. The number of benzene rings is 1. The second-order valence-electron chi connectivity index (χ2n) is 4.73. The number of carbonyl (C=O) groups excluding carboxylic acids is 3.